The number of ether oxygens (including phenoxy) is 1. The summed E-state index contributed by atoms with van der Waals surface area (Å²) in [4.78, 5) is 11.4. The average Bonchev–Trinajstić information content (AvgIpc) is 2.29. The average molecular weight is 346 g/mol. The summed E-state index contributed by atoms with van der Waals surface area (Å²) in [5.74, 6) is -0.747. The third kappa shape index (κ3) is 4.24. The first-order valence-corrected chi connectivity index (χ1v) is 8.38. The molecule has 8 heteroatoms. The van der Waals surface area contributed by atoms with E-state index in [1.54, 1.807) is 6.92 Å². The van der Waals surface area contributed by atoms with Gasteiger partial charge in [0.15, 0.2) is 0 Å². The fourth-order valence-corrected chi connectivity index (χ4v) is 3.07. The Morgan fingerprint density at radius 2 is 1.95 bits per heavy atom. The summed E-state index contributed by atoms with van der Waals surface area (Å²) in [6.07, 6.45) is 0.295. The Hall–Kier alpha value is -0.490. The predicted octanol–water partition coefficient (Wildman–Crippen LogP) is 3.88. The molecule has 4 nitrogen and oxygen atoms in total. The van der Waals surface area contributed by atoms with Gasteiger partial charge < -0.3 is 4.74 Å². The molecule has 19 heavy (non-hydrogen) atoms. The number of hydrogen-bond donors (Lipinski definition) is 0. The molecule has 0 aliphatic heterocycles. The molecule has 0 aromatic heterocycles. The van der Waals surface area contributed by atoms with Crippen LogP contribution in [0.25, 0.3) is 0 Å². The molecule has 0 bridgehead atoms. The van der Waals surface area contributed by atoms with Crippen LogP contribution in [-0.4, -0.2) is 20.5 Å². The van der Waals surface area contributed by atoms with Crippen LogP contribution < -0.4 is 0 Å². The third-order valence-electron chi connectivity index (χ3n) is 2.37. The van der Waals surface area contributed by atoms with Crippen molar-refractivity contribution in [3.8, 4) is 0 Å². The normalized spacial score (nSPS) is 13.1. The first-order valence-electron chi connectivity index (χ1n) is 5.31. The molecule has 1 aromatic rings. The van der Waals surface area contributed by atoms with Crippen LogP contribution in [0.4, 0.5) is 0 Å². The molecule has 0 aliphatic carbocycles. The Kier molecular flexibility index (Phi) is 5.50. The van der Waals surface area contributed by atoms with E-state index >= 15 is 0 Å². The van der Waals surface area contributed by atoms with Gasteiger partial charge in [0, 0.05) is 15.7 Å². The Morgan fingerprint density at radius 3 is 2.42 bits per heavy atom. The molecule has 1 atom stereocenters. The molecule has 0 saturated carbocycles. The smallest absolute Gasteiger partial charge is 0.340 e. The van der Waals surface area contributed by atoms with E-state index in [-0.39, 0.29) is 21.7 Å². The fourth-order valence-electron chi connectivity index (χ4n) is 1.22. The second-order valence-corrected chi connectivity index (χ2v) is 7.18. The van der Waals surface area contributed by atoms with Crippen molar-refractivity contribution in [3.63, 3.8) is 0 Å². The highest BCUT2D eigenvalue weighted by Gasteiger charge is 2.23. The topological polar surface area (TPSA) is 60.4 Å². The van der Waals surface area contributed by atoms with E-state index < -0.39 is 19.9 Å². The summed E-state index contributed by atoms with van der Waals surface area (Å²) in [5.41, 5.74) is -0.131. The molecule has 0 saturated heterocycles. The second kappa shape index (κ2) is 6.31. The van der Waals surface area contributed by atoms with Crippen LogP contribution in [0.3, 0.4) is 0 Å². The van der Waals surface area contributed by atoms with Gasteiger partial charge in [-0.2, -0.15) is 0 Å². The van der Waals surface area contributed by atoms with E-state index in [4.69, 9.17) is 38.6 Å². The summed E-state index contributed by atoms with van der Waals surface area (Å²) in [7, 11) is 1.12. The Labute approximate surface area is 126 Å². The van der Waals surface area contributed by atoms with Gasteiger partial charge >= 0.3 is 5.97 Å². The highest BCUT2D eigenvalue weighted by Crippen LogP contribution is 2.32. The first-order chi connectivity index (χ1) is 8.66. The lowest BCUT2D eigenvalue weighted by molar-refractivity contribution is 0.0334. The van der Waals surface area contributed by atoms with Crippen LogP contribution in [0.2, 0.25) is 10.0 Å². The van der Waals surface area contributed by atoms with Crippen molar-refractivity contribution in [1.82, 2.24) is 0 Å². The van der Waals surface area contributed by atoms with Crippen molar-refractivity contribution in [3.05, 3.63) is 27.7 Å². The molecule has 0 spiro atoms. The maximum Gasteiger partial charge on any atom is 0.340 e. The summed E-state index contributed by atoms with van der Waals surface area (Å²) < 4.78 is 27.7. The molecule has 0 amide bonds. The lowest BCUT2D eigenvalue weighted by atomic mass is 10.2. The van der Waals surface area contributed by atoms with Crippen molar-refractivity contribution < 1.29 is 17.9 Å². The number of halogens is 3. The highest BCUT2D eigenvalue weighted by molar-refractivity contribution is 8.13. The number of carbonyl (C=O) groups excluding carboxylic acids is 1. The first kappa shape index (κ1) is 16.6. The molecular weight excluding hydrogens is 335 g/mol. The molecule has 1 rings (SSSR count). The molecular formula is C11H11Cl3O4S. The van der Waals surface area contributed by atoms with Crippen molar-refractivity contribution in [2.45, 2.75) is 31.3 Å². The van der Waals surface area contributed by atoms with Crippen molar-refractivity contribution >= 4 is 48.9 Å². The van der Waals surface area contributed by atoms with Gasteiger partial charge in [0.1, 0.15) is 4.90 Å². The summed E-state index contributed by atoms with van der Waals surface area (Å²) in [5, 5.41) is -0.271. The predicted molar refractivity (Wildman–Crippen MR) is 74.7 cm³/mol. The van der Waals surface area contributed by atoms with Gasteiger partial charge in [-0.1, -0.05) is 30.1 Å². The van der Waals surface area contributed by atoms with Crippen molar-refractivity contribution in [2.75, 3.05) is 0 Å². The van der Waals surface area contributed by atoms with Crippen LogP contribution in [0, 0.1) is 0 Å². The number of esters is 1. The van der Waals surface area contributed by atoms with E-state index in [0.29, 0.717) is 6.42 Å². The van der Waals surface area contributed by atoms with E-state index in [0.717, 1.165) is 6.07 Å². The zero-order valence-corrected chi connectivity index (χ0v) is 13.2. The highest BCUT2D eigenvalue weighted by atomic mass is 35.7. The summed E-state index contributed by atoms with van der Waals surface area (Å²) in [6, 6.07) is 2.31. The lowest BCUT2D eigenvalue weighted by Crippen LogP contribution is -2.15. The SMILES string of the molecule is CCC(C)OC(=O)c1cc(Cl)cc(S(=O)(=O)Cl)c1Cl. The van der Waals surface area contributed by atoms with Gasteiger partial charge in [0.05, 0.1) is 16.7 Å². The molecule has 0 N–H and O–H groups in total. The van der Waals surface area contributed by atoms with E-state index in [1.807, 2.05) is 6.92 Å². The van der Waals surface area contributed by atoms with Crippen molar-refractivity contribution in [2.24, 2.45) is 0 Å². The van der Waals surface area contributed by atoms with E-state index in [9.17, 15) is 13.2 Å². The quantitative estimate of drug-likeness (QED) is 0.614. The largest absolute Gasteiger partial charge is 0.459 e. The standard InChI is InChI=1S/C11H11Cl3O4S/c1-3-6(2)18-11(15)8-4-7(12)5-9(10(8)13)19(14,16)17/h4-6H,3H2,1-2H3. The maximum atomic E-state index is 11.9. The Morgan fingerprint density at radius 1 is 1.37 bits per heavy atom. The zero-order valence-electron chi connectivity index (χ0n) is 10.1. The summed E-state index contributed by atoms with van der Waals surface area (Å²) >= 11 is 11.6. The molecule has 0 heterocycles. The number of benzene rings is 1. The number of rotatable bonds is 4. The molecule has 0 fully saturated rings. The Balaban J connectivity index is 3.30. The van der Waals surface area contributed by atoms with Crippen LogP contribution in [0.15, 0.2) is 17.0 Å². The molecule has 0 radical (unpaired) electrons. The van der Waals surface area contributed by atoms with E-state index in [2.05, 4.69) is 0 Å². The lowest BCUT2D eigenvalue weighted by Gasteiger charge is -2.13. The minimum atomic E-state index is -4.10. The minimum absolute atomic E-state index is 0.0275. The van der Waals surface area contributed by atoms with Crippen molar-refractivity contribution in [1.29, 1.82) is 0 Å². The van der Waals surface area contributed by atoms with Crippen LogP contribution >= 0.6 is 33.9 Å². The fraction of sp³-hybridized carbons (Fsp3) is 0.364. The van der Waals surface area contributed by atoms with E-state index in [1.165, 1.54) is 6.07 Å². The van der Waals surface area contributed by atoms with Crippen LogP contribution in [-0.2, 0) is 13.8 Å². The molecule has 0 aliphatic rings. The van der Waals surface area contributed by atoms with Gasteiger partial charge in [-0.05, 0) is 25.5 Å². The third-order valence-corrected chi connectivity index (χ3v) is 4.45. The van der Waals surface area contributed by atoms with Crippen LogP contribution in [0.5, 0.6) is 0 Å². The second-order valence-electron chi connectivity index (χ2n) is 3.83. The zero-order chi connectivity index (χ0) is 14.8. The van der Waals surface area contributed by atoms with Gasteiger partial charge in [-0.15, -0.1) is 0 Å². The van der Waals surface area contributed by atoms with Gasteiger partial charge in [-0.25, -0.2) is 13.2 Å². The monoisotopic (exact) mass is 344 g/mol. The molecule has 106 valence electrons. The molecule has 1 aromatic carbocycles. The number of hydrogen-bond acceptors (Lipinski definition) is 4. The van der Waals surface area contributed by atoms with Gasteiger partial charge in [0.2, 0.25) is 0 Å². The Bertz CT molecular complexity index is 598. The minimum Gasteiger partial charge on any atom is -0.459 e. The van der Waals surface area contributed by atoms with Gasteiger partial charge in [-0.3, -0.25) is 0 Å². The maximum absolute atomic E-state index is 11.9. The summed E-state index contributed by atoms with van der Waals surface area (Å²) in [6.45, 7) is 3.54. The van der Waals surface area contributed by atoms with Gasteiger partial charge in [0.25, 0.3) is 9.05 Å². The number of carbonyl (C=O) groups is 1. The molecule has 1 unspecified atom stereocenters. The van der Waals surface area contributed by atoms with Crippen LogP contribution in [0.1, 0.15) is 30.6 Å².